The van der Waals surface area contributed by atoms with Crippen molar-refractivity contribution in [1.82, 2.24) is 9.88 Å². The van der Waals surface area contributed by atoms with Gasteiger partial charge in [-0.05, 0) is 61.1 Å². The molecule has 1 aliphatic carbocycles. The number of aromatic nitrogens is 1. The van der Waals surface area contributed by atoms with E-state index in [-0.39, 0.29) is 24.8 Å². The normalized spacial score (nSPS) is 20.9. The van der Waals surface area contributed by atoms with Crippen LogP contribution in [0.2, 0.25) is 0 Å². The number of alkyl halides is 1. The Kier molecular flexibility index (Phi) is 6.98. The molecule has 3 aliphatic rings. The molecule has 2 N–H and O–H groups in total. The van der Waals surface area contributed by atoms with Gasteiger partial charge in [-0.1, -0.05) is 0 Å². The van der Waals surface area contributed by atoms with E-state index in [2.05, 4.69) is 15.2 Å². The van der Waals surface area contributed by atoms with Crippen molar-refractivity contribution < 1.29 is 28.2 Å². The highest BCUT2D eigenvalue weighted by atomic mass is 19.1. The molecule has 1 atom stereocenters. The van der Waals surface area contributed by atoms with Crippen molar-refractivity contribution >= 4 is 17.5 Å². The Hall–Kier alpha value is -2.98. The van der Waals surface area contributed by atoms with Crippen molar-refractivity contribution in [3.05, 3.63) is 35.6 Å². The van der Waals surface area contributed by atoms with E-state index in [1.165, 1.54) is 6.07 Å². The molecule has 1 saturated carbocycles. The summed E-state index contributed by atoms with van der Waals surface area (Å²) in [6.45, 7) is 5.09. The number of amides is 2. The fourth-order valence-corrected chi connectivity index (χ4v) is 4.99. The number of nitrogens with one attached hydrogen (secondary N) is 1. The molecule has 2 saturated heterocycles. The van der Waals surface area contributed by atoms with Crippen LogP contribution in [0.4, 0.5) is 25.1 Å². The van der Waals surface area contributed by atoms with Gasteiger partial charge in [-0.25, -0.2) is 13.6 Å². The summed E-state index contributed by atoms with van der Waals surface area (Å²) in [5, 5.41) is 11.9. The fourth-order valence-electron chi connectivity index (χ4n) is 4.99. The van der Waals surface area contributed by atoms with Crippen molar-refractivity contribution in [2.24, 2.45) is 5.92 Å². The average Bonchev–Trinajstić information content (AvgIpc) is 3.42. The molecule has 5 rings (SSSR count). The molecule has 194 valence electrons. The first-order valence-corrected chi connectivity index (χ1v) is 12.5. The molecule has 1 aromatic carbocycles. The molecule has 10 heteroatoms. The number of aliphatic hydroxyl groups is 1. The number of hydrogen-bond donors (Lipinski definition) is 2. The maximum Gasteiger partial charge on any atom is 0.321 e. The van der Waals surface area contributed by atoms with E-state index < -0.39 is 17.5 Å². The van der Waals surface area contributed by atoms with E-state index in [4.69, 9.17) is 9.47 Å². The van der Waals surface area contributed by atoms with Crippen molar-refractivity contribution in [1.29, 1.82) is 0 Å². The van der Waals surface area contributed by atoms with E-state index in [0.717, 1.165) is 11.1 Å². The number of rotatable bonds is 7. The van der Waals surface area contributed by atoms with E-state index in [9.17, 15) is 18.7 Å². The van der Waals surface area contributed by atoms with Crippen molar-refractivity contribution in [2.45, 2.75) is 31.9 Å². The summed E-state index contributed by atoms with van der Waals surface area (Å²) in [4.78, 5) is 21.1. The van der Waals surface area contributed by atoms with Gasteiger partial charge in [0.15, 0.2) is 0 Å². The standard InChI is InChI=1S/C26H32F2N4O4/c1-17-12-21(27)22(29-25(34)32-5-2-19(16-32)26(28)3-4-26)15-20(17)18-13-23(31-6-9-35-10-7-31)30-24(14-18)36-11-8-33/h12-15,19,33H,2-11,16H2,1H3,(H,29,34)/t19-/m0/s1. The van der Waals surface area contributed by atoms with Gasteiger partial charge in [-0.3, -0.25) is 0 Å². The number of pyridine rings is 1. The molecule has 1 aromatic heterocycles. The molecule has 3 fully saturated rings. The lowest BCUT2D eigenvalue weighted by molar-refractivity contribution is 0.122. The zero-order chi connectivity index (χ0) is 25.3. The van der Waals surface area contributed by atoms with Gasteiger partial charge in [0.25, 0.3) is 0 Å². The highest BCUT2D eigenvalue weighted by molar-refractivity contribution is 5.91. The lowest BCUT2D eigenvalue weighted by Gasteiger charge is -2.28. The Morgan fingerprint density at radius 2 is 2.03 bits per heavy atom. The third kappa shape index (κ3) is 5.24. The van der Waals surface area contributed by atoms with Gasteiger partial charge < -0.3 is 29.7 Å². The van der Waals surface area contributed by atoms with Crippen molar-refractivity contribution in [3.63, 3.8) is 0 Å². The van der Waals surface area contributed by atoms with Crippen LogP contribution in [0.3, 0.4) is 0 Å². The van der Waals surface area contributed by atoms with Gasteiger partial charge in [0.1, 0.15) is 23.9 Å². The smallest absolute Gasteiger partial charge is 0.321 e. The predicted octanol–water partition coefficient (Wildman–Crippen LogP) is 3.76. The molecule has 2 aliphatic heterocycles. The Balaban J connectivity index is 1.40. The number of aliphatic hydroxyl groups excluding tert-OH is 1. The molecule has 36 heavy (non-hydrogen) atoms. The maximum atomic E-state index is 14.9. The van der Waals surface area contributed by atoms with Gasteiger partial charge >= 0.3 is 6.03 Å². The second-order valence-electron chi connectivity index (χ2n) is 9.77. The highest BCUT2D eigenvalue weighted by Gasteiger charge is 2.52. The molecule has 3 heterocycles. The van der Waals surface area contributed by atoms with E-state index in [0.29, 0.717) is 75.9 Å². The topological polar surface area (TPSA) is 87.2 Å². The number of halogens is 2. The second-order valence-corrected chi connectivity index (χ2v) is 9.77. The summed E-state index contributed by atoms with van der Waals surface area (Å²) in [6, 6.07) is 6.23. The molecular formula is C26H32F2N4O4. The first-order chi connectivity index (χ1) is 17.4. The number of nitrogens with zero attached hydrogens (tertiary/aromatic N) is 3. The Bertz CT molecular complexity index is 1120. The lowest BCUT2D eigenvalue weighted by atomic mass is 10.00. The van der Waals surface area contributed by atoms with Crippen LogP contribution in [0.5, 0.6) is 5.88 Å². The number of carbonyl (C=O) groups excluding carboxylic acids is 1. The number of aryl methyl sites for hydroxylation is 1. The van der Waals surface area contributed by atoms with Crippen LogP contribution in [0.25, 0.3) is 11.1 Å². The van der Waals surface area contributed by atoms with E-state index in [1.807, 2.05) is 6.07 Å². The second kappa shape index (κ2) is 10.2. The van der Waals surface area contributed by atoms with E-state index in [1.54, 1.807) is 24.0 Å². The zero-order valence-corrected chi connectivity index (χ0v) is 20.4. The summed E-state index contributed by atoms with van der Waals surface area (Å²) in [7, 11) is 0. The molecule has 8 nitrogen and oxygen atoms in total. The van der Waals surface area contributed by atoms with Gasteiger partial charge in [0.2, 0.25) is 5.88 Å². The number of hydrogen-bond acceptors (Lipinski definition) is 6. The number of benzene rings is 1. The molecule has 2 aromatic rings. The SMILES string of the molecule is Cc1cc(F)c(NC(=O)N2CC[C@H](C3(F)CC3)C2)cc1-c1cc(OCCO)nc(N2CCOCC2)c1. The summed E-state index contributed by atoms with van der Waals surface area (Å²) in [6.07, 6.45) is 1.75. The Labute approximate surface area is 209 Å². The fraction of sp³-hybridized carbons (Fsp3) is 0.538. The number of ether oxygens (including phenoxy) is 2. The summed E-state index contributed by atoms with van der Waals surface area (Å²) < 4.78 is 40.4. The molecule has 0 unspecified atom stereocenters. The van der Waals surface area contributed by atoms with Crippen LogP contribution in [0, 0.1) is 18.7 Å². The number of likely N-dealkylation sites (tertiary alicyclic amines) is 1. The van der Waals surface area contributed by atoms with Crippen LogP contribution in [0.15, 0.2) is 24.3 Å². The van der Waals surface area contributed by atoms with Gasteiger partial charge in [-0.2, -0.15) is 4.98 Å². The first kappa shape index (κ1) is 24.7. The first-order valence-electron chi connectivity index (χ1n) is 12.5. The van der Waals surface area contributed by atoms with Crippen molar-refractivity contribution in [3.8, 4) is 17.0 Å². The highest BCUT2D eigenvalue weighted by Crippen LogP contribution is 2.49. The van der Waals surface area contributed by atoms with Gasteiger partial charge in [0.05, 0.1) is 25.5 Å². The Morgan fingerprint density at radius 1 is 1.25 bits per heavy atom. The zero-order valence-electron chi connectivity index (χ0n) is 20.4. The number of carbonyl (C=O) groups is 1. The summed E-state index contributed by atoms with van der Waals surface area (Å²) in [5.74, 6) is 0.361. The van der Waals surface area contributed by atoms with E-state index >= 15 is 0 Å². The molecule has 0 spiro atoms. The lowest BCUT2D eigenvalue weighted by Crippen LogP contribution is -2.36. The Morgan fingerprint density at radius 3 is 2.75 bits per heavy atom. The molecule has 0 bridgehead atoms. The molecule has 2 amide bonds. The van der Waals surface area contributed by atoms with Crippen LogP contribution < -0.4 is 15.0 Å². The maximum absolute atomic E-state index is 14.9. The number of urea groups is 1. The quantitative estimate of drug-likeness (QED) is 0.600. The summed E-state index contributed by atoms with van der Waals surface area (Å²) >= 11 is 0. The number of morpholine rings is 1. The average molecular weight is 503 g/mol. The minimum atomic E-state index is -1.13. The largest absolute Gasteiger partial charge is 0.475 e. The van der Waals surface area contributed by atoms with Crippen LogP contribution in [0.1, 0.15) is 24.8 Å². The van der Waals surface area contributed by atoms with Crippen LogP contribution >= 0.6 is 0 Å². The van der Waals surface area contributed by atoms with Gasteiger partial charge in [0, 0.05) is 38.2 Å². The van der Waals surface area contributed by atoms with Crippen LogP contribution in [-0.4, -0.2) is 79.3 Å². The molecular weight excluding hydrogens is 470 g/mol. The minimum absolute atomic E-state index is 0.0630. The number of anilines is 2. The monoisotopic (exact) mass is 502 g/mol. The minimum Gasteiger partial charge on any atom is -0.475 e. The third-order valence-electron chi connectivity index (χ3n) is 7.27. The summed E-state index contributed by atoms with van der Waals surface area (Å²) in [5.41, 5.74) is 1.09. The predicted molar refractivity (Wildman–Crippen MR) is 132 cm³/mol. The molecule has 0 radical (unpaired) electrons. The van der Waals surface area contributed by atoms with Gasteiger partial charge in [-0.15, -0.1) is 0 Å². The van der Waals surface area contributed by atoms with Crippen LogP contribution in [-0.2, 0) is 4.74 Å². The third-order valence-corrected chi connectivity index (χ3v) is 7.27. The van der Waals surface area contributed by atoms with Crippen molar-refractivity contribution in [2.75, 3.05) is 62.8 Å².